The van der Waals surface area contributed by atoms with Crippen LogP contribution in [0.15, 0.2) is 54.6 Å². The maximum absolute atomic E-state index is 11.0. The van der Waals surface area contributed by atoms with Gasteiger partial charge in [-0.1, -0.05) is 77.1 Å². The highest BCUT2D eigenvalue weighted by atomic mass is 16.5. The number of carbonyl (C=O) groups excluding carboxylic acids is 1. The van der Waals surface area contributed by atoms with E-state index in [0.717, 1.165) is 31.0 Å². The molecular formula is C27H39N3O2. The molecule has 0 radical (unpaired) electrons. The summed E-state index contributed by atoms with van der Waals surface area (Å²) in [7, 11) is 0. The van der Waals surface area contributed by atoms with Crippen LogP contribution in [0.1, 0.15) is 57.0 Å². The van der Waals surface area contributed by atoms with Crippen LogP contribution in [0.5, 0.6) is 0 Å². The van der Waals surface area contributed by atoms with Gasteiger partial charge >= 0.3 is 0 Å². The standard InChI is InChI=1S/C21H23N3O2.C4H10.C2H6/c1-15-18(19-4-2-3-5-20(19)23-15)12-13-22-14-17-8-6-16(7-9-17)10-11-21(25)24-26;1-4(2)3;1-2/h2-11,22-23,26H,12-14H2,1H3,(H,24,25);4H,1-3H3;1-2H3/b11-10+;;. The molecule has 3 rings (SSSR count). The van der Waals surface area contributed by atoms with E-state index in [4.69, 9.17) is 5.21 Å². The van der Waals surface area contributed by atoms with Gasteiger partial charge < -0.3 is 10.3 Å². The van der Waals surface area contributed by atoms with Crippen LogP contribution in [0.3, 0.4) is 0 Å². The first-order chi connectivity index (χ1) is 15.4. The summed E-state index contributed by atoms with van der Waals surface area (Å²) in [6.45, 7) is 14.3. The van der Waals surface area contributed by atoms with Gasteiger partial charge in [0.25, 0.3) is 5.91 Å². The molecule has 0 aliphatic rings. The number of rotatable bonds is 7. The van der Waals surface area contributed by atoms with Crippen LogP contribution in [-0.4, -0.2) is 22.6 Å². The normalized spacial score (nSPS) is 10.5. The van der Waals surface area contributed by atoms with E-state index in [9.17, 15) is 4.79 Å². The van der Waals surface area contributed by atoms with Crippen molar-refractivity contribution in [2.45, 2.75) is 54.5 Å². The summed E-state index contributed by atoms with van der Waals surface area (Å²) in [5, 5.41) is 13.2. The first-order valence-corrected chi connectivity index (χ1v) is 11.4. The average Bonchev–Trinajstić information content (AvgIpc) is 3.11. The van der Waals surface area contributed by atoms with Crippen LogP contribution in [0.25, 0.3) is 17.0 Å². The minimum absolute atomic E-state index is 0.539. The summed E-state index contributed by atoms with van der Waals surface area (Å²) < 4.78 is 0. The second-order valence-electron chi connectivity index (χ2n) is 7.98. The zero-order valence-electron chi connectivity index (χ0n) is 20.3. The Morgan fingerprint density at radius 2 is 1.69 bits per heavy atom. The fourth-order valence-corrected chi connectivity index (χ4v) is 3.06. The predicted octanol–water partition coefficient (Wildman–Crippen LogP) is 6.02. The molecule has 5 heteroatoms. The highest BCUT2D eigenvalue weighted by Crippen LogP contribution is 2.21. The maximum Gasteiger partial charge on any atom is 0.267 e. The van der Waals surface area contributed by atoms with Gasteiger partial charge in [-0.05, 0) is 54.6 Å². The van der Waals surface area contributed by atoms with Crippen molar-refractivity contribution < 1.29 is 10.0 Å². The minimum atomic E-state index is -0.539. The van der Waals surface area contributed by atoms with Gasteiger partial charge in [0.05, 0.1) is 0 Å². The van der Waals surface area contributed by atoms with Crippen LogP contribution < -0.4 is 10.8 Å². The first kappa shape index (κ1) is 27.1. The Balaban J connectivity index is 0.000000769. The second-order valence-corrected chi connectivity index (χ2v) is 7.98. The number of carbonyl (C=O) groups is 1. The number of H-pyrrole nitrogens is 1. The number of amides is 1. The smallest absolute Gasteiger partial charge is 0.267 e. The number of aromatic amines is 1. The Morgan fingerprint density at radius 1 is 1.06 bits per heavy atom. The van der Waals surface area contributed by atoms with Gasteiger partial charge in [-0.3, -0.25) is 10.0 Å². The zero-order chi connectivity index (χ0) is 23.9. The van der Waals surface area contributed by atoms with E-state index >= 15 is 0 Å². The van der Waals surface area contributed by atoms with Gasteiger partial charge in [-0.2, -0.15) is 0 Å². The summed E-state index contributed by atoms with van der Waals surface area (Å²) in [5.74, 6) is 0.295. The van der Waals surface area contributed by atoms with Crippen LogP contribution in [0.2, 0.25) is 0 Å². The van der Waals surface area contributed by atoms with Crippen molar-refractivity contribution in [3.63, 3.8) is 0 Å². The number of aryl methyl sites for hydroxylation is 1. The van der Waals surface area contributed by atoms with Crippen molar-refractivity contribution in [3.8, 4) is 0 Å². The van der Waals surface area contributed by atoms with Crippen molar-refractivity contribution in [2.24, 2.45) is 5.92 Å². The Hall–Kier alpha value is -2.89. The number of nitrogens with one attached hydrogen (secondary N) is 3. The lowest BCUT2D eigenvalue weighted by atomic mass is 10.1. The first-order valence-electron chi connectivity index (χ1n) is 11.4. The Labute approximate surface area is 192 Å². The number of para-hydroxylation sites is 1. The third-order valence-electron chi connectivity index (χ3n) is 4.42. The lowest BCUT2D eigenvalue weighted by Gasteiger charge is -2.06. The molecule has 0 saturated heterocycles. The largest absolute Gasteiger partial charge is 0.358 e. The third-order valence-corrected chi connectivity index (χ3v) is 4.42. The lowest BCUT2D eigenvalue weighted by Crippen LogP contribution is -2.16. The number of aromatic nitrogens is 1. The van der Waals surface area contributed by atoms with Crippen molar-refractivity contribution in [1.82, 2.24) is 15.8 Å². The van der Waals surface area contributed by atoms with Crippen molar-refractivity contribution in [3.05, 3.63) is 77.0 Å². The molecule has 0 aliphatic heterocycles. The van der Waals surface area contributed by atoms with E-state index in [-0.39, 0.29) is 0 Å². The molecule has 0 fully saturated rings. The number of hydrogen-bond acceptors (Lipinski definition) is 3. The van der Waals surface area contributed by atoms with Crippen molar-refractivity contribution in [1.29, 1.82) is 0 Å². The SMILES string of the molecule is CC.CC(C)C.Cc1[nH]c2ccccc2c1CCNCc1ccc(/C=C/C(=O)NO)cc1. The van der Waals surface area contributed by atoms with E-state index in [1.807, 2.05) is 38.1 Å². The summed E-state index contributed by atoms with van der Waals surface area (Å²) in [5.41, 5.74) is 7.46. The molecule has 0 unspecified atom stereocenters. The Bertz CT molecular complexity index is 954. The van der Waals surface area contributed by atoms with Crippen LogP contribution >= 0.6 is 0 Å². The maximum atomic E-state index is 11.0. The molecule has 2 aromatic carbocycles. The van der Waals surface area contributed by atoms with E-state index in [1.54, 1.807) is 11.6 Å². The highest BCUT2D eigenvalue weighted by Gasteiger charge is 2.07. The number of hydroxylamine groups is 1. The molecule has 4 N–H and O–H groups in total. The Kier molecular flexibility index (Phi) is 12.7. The minimum Gasteiger partial charge on any atom is -0.358 e. The van der Waals surface area contributed by atoms with E-state index < -0.39 is 5.91 Å². The van der Waals surface area contributed by atoms with Gasteiger partial charge in [0.1, 0.15) is 0 Å². The van der Waals surface area contributed by atoms with Gasteiger partial charge in [0.15, 0.2) is 0 Å². The number of fused-ring (bicyclic) bond motifs is 1. The lowest BCUT2D eigenvalue weighted by molar-refractivity contribution is -0.124. The average molecular weight is 438 g/mol. The molecule has 0 bridgehead atoms. The van der Waals surface area contributed by atoms with E-state index in [1.165, 1.54) is 33.8 Å². The molecule has 174 valence electrons. The molecule has 1 aromatic heterocycles. The third kappa shape index (κ3) is 9.50. The second kappa shape index (κ2) is 15.0. The molecule has 32 heavy (non-hydrogen) atoms. The number of hydrogen-bond donors (Lipinski definition) is 4. The van der Waals surface area contributed by atoms with Gasteiger partial charge in [0, 0.05) is 29.2 Å². The monoisotopic (exact) mass is 437 g/mol. The molecule has 0 saturated carbocycles. The predicted molar refractivity (Wildman–Crippen MR) is 136 cm³/mol. The summed E-state index contributed by atoms with van der Waals surface area (Å²) in [6, 6.07) is 16.4. The Morgan fingerprint density at radius 3 is 2.31 bits per heavy atom. The van der Waals surface area contributed by atoms with Crippen molar-refractivity contribution in [2.75, 3.05) is 6.54 Å². The summed E-state index contributed by atoms with van der Waals surface area (Å²) >= 11 is 0. The fraction of sp³-hybridized carbons (Fsp3) is 0.370. The van der Waals surface area contributed by atoms with Crippen molar-refractivity contribution >= 4 is 22.9 Å². The van der Waals surface area contributed by atoms with Crippen LogP contribution in [-0.2, 0) is 17.8 Å². The molecule has 1 amide bonds. The molecule has 0 spiro atoms. The molecule has 5 nitrogen and oxygen atoms in total. The van der Waals surface area contributed by atoms with Gasteiger partial charge in [-0.25, -0.2) is 5.48 Å². The van der Waals surface area contributed by atoms with Crippen LogP contribution in [0.4, 0.5) is 0 Å². The number of benzene rings is 2. The topological polar surface area (TPSA) is 77.2 Å². The van der Waals surface area contributed by atoms with E-state index in [0.29, 0.717) is 0 Å². The molecule has 3 aromatic rings. The molecule has 1 heterocycles. The molecule has 0 aliphatic carbocycles. The quantitative estimate of drug-likeness (QED) is 0.158. The van der Waals surface area contributed by atoms with Gasteiger partial charge in [-0.15, -0.1) is 0 Å². The fourth-order valence-electron chi connectivity index (χ4n) is 3.06. The van der Waals surface area contributed by atoms with E-state index in [2.05, 4.69) is 62.3 Å². The molecular weight excluding hydrogens is 398 g/mol. The van der Waals surface area contributed by atoms with Gasteiger partial charge in [0.2, 0.25) is 0 Å². The molecule has 0 atom stereocenters. The summed E-state index contributed by atoms with van der Waals surface area (Å²) in [6.07, 6.45) is 3.92. The van der Waals surface area contributed by atoms with Crippen LogP contribution in [0, 0.1) is 12.8 Å². The highest BCUT2D eigenvalue weighted by molar-refractivity contribution is 5.90. The zero-order valence-corrected chi connectivity index (χ0v) is 20.3. The summed E-state index contributed by atoms with van der Waals surface area (Å²) in [4.78, 5) is 14.4.